The molecule has 0 aliphatic carbocycles. The quantitative estimate of drug-likeness (QED) is 0.748. The predicted octanol–water partition coefficient (Wildman–Crippen LogP) is 2.94. The van der Waals surface area contributed by atoms with Gasteiger partial charge >= 0.3 is 0 Å². The molecular weight excluding hydrogens is 262 g/mol. The molecule has 4 nitrogen and oxygen atoms in total. The van der Waals surface area contributed by atoms with Crippen molar-refractivity contribution in [1.29, 1.82) is 5.26 Å². The SMILES string of the molecule is CCCNC(C#N)(CC)CCCN1CC(C)OC(C)(C)C1. The van der Waals surface area contributed by atoms with Crippen LogP contribution in [0.5, 0.6) is 0 Å². The summed E-state index contributed by atoms with van der Waals surface area (Å²) in [5.41, 5.74) is -0.404. The number of nitrogens with zero attached hydrogens (tertiary/aromatic N) is 2. The van der Waals surface area contributed by atoms with Crippen molar-refractivity contribution in [2.24, 2.45) is 0 Å². The van der Waals surface area contributed by atoms with Crippen molar-refractivity contribution < 1.29 is 4.74 Å². The van der Waals surface area contributed by atoms with E-state index in [2.05, 4.69) is 50.9 Å². The minimum absolute atomic E-state index is 0.0603. The fraction of sp³-hybridized carbons (Fsp3) is 0.941. The maximum Gasteiger partial charge on any atom is 0.106 e. The second kappa shape index (κ2) is 8.12. The largest absolute Gasteiger partial charge is 0.370 e. The van der Waals surface area contributed by atoms with E-state index in [1.807, 2.05) is 0 Å². The van der Waals surface area contributed by atoms with Gasteiger partial charge in [-0.15, -0.1) is 0 Å². The fourth-order valence-corrected chi connectivity index (χ4v) is 3.29. The summed E-state index contributed by atoms with van der Waals surface area (Å²) < 4.78 is 5.94. The van der Waals surface area contributed by atoms with Gasteiger partial charge in [0.2, 0.25) is 0 Å². The molecule has 0 spiro atoms. The summed E-state index contributed by atoms with van der Waals surface area (Å²) in [6, 6.07) is 2.51. The summed E-state index contributed by atoms with van der Waals surface area (Å²) in [4.78, 5) is 2.48. The molecule has 2 atom stereocenters. The Kier molecular flexibility index (Phi) is 7.12. The fourth-order valence-electron chi connectivity index (χ4n) is 3.29. The Bertz CT molecular complexity index is 350. The normalized spacial score (nSPS) is 25.2. The van der Waals surface area contributed by atoms with Crippen LogP contribution in [0.1, 0.15) is 60.3 Å². The van der Waals surface area contributed by atoms with Crippen LogP contribution in [0.4, 0.5) is 0 Å². The van der Waals surface area contributed by atoms with Gasteiger partial charge in [0, 0.05) is 13.1 Å². The van der Waals surface area contributed by atoms with Crippen LogP contribution in [-0.4, -0.2) is 48.3 Å². The second-order valence-corrected chi connectivity index (χ2v) is 7.00. The van der Waals surface area contributed by atoms with E-state index in [1.54, 1.807) is 0 Å². The molecule has 1 N–H and O–H groups in total. The molecule has 1 heterocycles. The van der Waals surface area contributed by atoms with E-state index < -0.39 is 0 Å². The highest BCUT2D eigenvalue weighted by molar-refractivity contribution is 5.06. The number of ether oxygens (including phenoxy) is 1. The molecule has 0 aromatic carbocycles. The molecule has 1 saturated heterocycles. The van der Waals surface area contributed by atoms with Crippen molar-refractivity contribution >= 4 is 0 Å². The topological polar surface area (TPSA) is 48.3 Å². The molecule has 0 saturated carbocycles. The molecule has 0 amide bonds. The van der Waals surface area contributed by atoms with E-state index in [9.17, 15) is 5.26 Å². The first-order chi connectivity index (χ1) is 9.86. The highest BCUT2D eigenvalue weighted by Crippen LogP contribution is 2.22. The molecule has 21 heavy (non-hydrogen) atoms. The van der Waals surface area contributed by atoms with E-state index in [0.29, 0.717) is 6.10 Å². The first kappa shape index (κ1) is 18.4. The lowest BCUT2D eigenvalue weighted by molar-refractivity contribution is -0.128. The molecule has 1 rings (SSSR count). The molecule has 4 heteroatoms. The van der Waals surface area contributed by atoms with Gasteiger partial charge in [-0.05, 0) is 59.5 Å². The zero-order chi connectivity index (χ0) is 15.9. The lowest BCUT2D eigenvalue weighted by atomic mass is 9.91. The molecule has 0 bridgehead atoms. The monoisotopic (exact) mass is 295 g/mol. The van der Waals surface area contributed by atoms with E-state index in [-0.39, 0.29) is 11.1 Å². The highest BCUT2D eigenvalue weighted by atomic mass is 16.5. The lowest BCUT2D eigenvalue weighted by Gasteiger charge is -2.42. The van der Waals surface area contributed by atoms with Gasteiger partial charge in [-0.1, -0.05) is 13.8 Å². The Hall–Kier alpha value is -0.630. The lowest BCUT2D eigenvalue weighted by Crippen LogP contribution is -2.52. The average Bonchev–Trinajstić information content (AvgIpc) is 2.41. The summed E-state index contributed by atoms with van der Waals surface area (Å²) in [6.45, 7) is 14.6. The van der Waals surface area contributed by atoms with Crippen LogP contribution in [0.15, 0.2) is 0 Å². The zero-order valence-corrected chi connectivity index (χ0v) is 14.5. The second-order valence-electron chi connectivity index (χ2n) is 7.00. The summed E-state index contributed by atoms with van der Waals surface area (Å²) in [5, 5.41) is 13.0. The van der Waals surface area contributed by atoms with Gasteiger partial charge in [0.1, 0.15) is 5.54 Å². The van der Waals surface area contributed by atoms with Gasteiger partial charge in [-0.3, -0.25) is 10.2 Å². The van der Waals surface area contributed by atoms with Crippen LogP contribution < -0.4 is 5.32 Å². The van der Waals surface area contributed by atoms with Crippen molar-refractivity contribution in [2.45, 2.75) is 77.5 Å². The summed E-state index contributed by atoms with van der Waals surface area (Å²) >= 11 is 0. The third kappa shape index (κ3) is 5.94. The third-order valence-electron chi connectivity index (χ3n) is 4.25. The molecule has 122 valence electrons. The maximum atomic E-state index is 9.52. The van der Waals surface area contributed by atoms with Gasteiger partial charge < -0.3 is 4.74 Å². The Labute approximate surface area is 130 Å². The Morgan fingerprint density at radius 2 is 2.14 bits per heavy atom. The smallest absolute Gasteiger partial charge is 0.106 e. The minimum atomic E-state index is -0.344. The molecule has 1 aliphatic rings. The molecule has 1 fully saturated rings. The van der Waals surface area contributed by atoms with E-state index in [0.717, 1.165) is 51.9 Å². The first-order valence-corrected chi connectivity index (χ1v) is 8.43. The third-order valence-corrected chi connectivity index (χ3v) is 4.25. The van der Waals surface area contributed by atoms with Crippen LogP contribution in [0.3, 0.4) is 0 Å². The zero-order valence-electron chi connectivity index (χ0n) is 14.5. The number of hydrogen-bond donors (Lipinski definition) is 1. The van der Waals surface area contributed by atoms with Gasteiger partial charge in [0.15, 0.2) is 0 Å². The van der Waals surface area contributed by atoms with Crippen LogP contribution in [0.2, 0.25) is 0 Å². The average molecular weight is 295 g/mol. The van der Waals surface area contributed by atoms with Crippen LogP contribution in [-0.2, 0) is 4.74 Å². The predicted molar refractivity (Wildman–Crippen MR) is 87.2 cm³/mol. The summed E-state index contributed by atoms with van der Waals surface area (Å²) in [6.07, 6.45) is 4.21. The number of rotatable bonds is 8. The molecule has 2 unspecified atom stereocenters. The summed E-state index contributed by atoms with van der Waals surface area (Å²) in [7, 11) is 0. The maximum absolute atomic E-state index is 9.52. The van der Waals surface area contributed by atoms with Gasteiger partial charge in [-0.2, -0.15) is 5.26 Å². The number of nitrogens with one attached hydrogen (secondary N) is 1. The van der Waals surface area contributed by atoms with E-state index in [4.69, 9.17) is 4.74 Å². The first-order valence-electron chi connectivity index (χ1n) is 8.43. The molecule has 0 aromatic heterocycles. The molecular formula is C17H33N3O. The molecule has 0 radical (unpaired) electrons. The number of morpholine rings is 1. The van der Waals surface area contributed by atoms with E-state index >= 15 is 0 Å². The number of hydrogen-bond acceptors (Lipinski definition) is 4. The standard InChI is InChI=1S/C17H33N3O/c1-6-10-19-17(7-2,13-18)9-8-11-20-12-15(3)21-16(4,5)14-20/h15,19H,6-12,14H2,1-5H3. The Morgan fingerprint density at radius 1 is 1.43 bits per heavy atom. The van der Waals surface area contributed by atoms with Gasteiger partial charge in [0.25, 0.3) is 0 Å². The summed E-state index contributed by atoms with van der Waals surface area (Å²) in [5.74, 6) is 0. The van der Waals surface area contributed by atoms with E-state index in [1.165, 1.54) is 0 Å². The Balaban J connectivity index is 2.45. The van der Waals surface area contributed by atoms with Crippen molar-refractivity contribution in [3.8, 4) is 6.07 Å². The minimum Gasteiger partial charge on any atom is -0.370 e. The Morgan fingerprint density at radius 3 is 2.67 bits per heavy atom. The van der Waals surface area contributed by atoms with Gasteiger partial charge in [-0.25, -0.2) is 0 Å². The highest BCUT2D eigenvalue weighted by Gasteiger charge is 2.32. The van der Waals surface area contributed by atoms with Crippen molar-refractivity contribution in [3.63, 3.8) is 0 Å². The van der Waals surface area contributed by atoms with Crippen LogP contribution >= 0.6 is 0 Å². The van der Waals surface area contributed by atoms with Gasteiger partial charge in [0.05, 0.1) is 17.8 Å². The molecule has 1 aliphatic heterocycles. The number of nitriles is 1. The van der Waals surface area contributed by atoms with Crippen LogP contribution in [0, 0.1) is 11.3 Å². The van der Waals surface area contributed by atoms with Crippen molar-refractivity contribution in [3.05, 3.63) is 0 Å². The van der Waals surface area contributed by atoms with Crippen LogP contribution in [0.25, 0.3) is 0 Å². The van der Waals surface area contributed by atoms with Crippen molar-refractivity contribution in [1.82, 2.24) is 10.2 Å². The molecule has 0 aromatic rings. The van der Waals surface area contributed by atoms with Crippen molar-refractivity contribution in [2.75, 3.05) is 26.2 Å².